The summed E-state index contributed by atoms with van der Waals surface area (Å²) in [6.45, 7) is 0. The molecule has 0 bridgehead atoms. The molecule has 3 aromatic carbocycles. The second kappa shape index (κ2) is 11.0. The molecule has 0 unspecified atom stereocenters. The molecule has 5 aromatic rings. The third kappa shape index (κ3) is 5.24. The zero-order valence-electron chi connectivity index (χ0n) is 21.3. The highest BCUT2D eigenvalue weighted by atomic mass is 32.2. The van der Waals surface area contributed by atoms with E-state index in [2.05, 4.69) is 4.98 Å². The average molecular weight is 535 g/mol. The van der Waals surface area contributed by atoms with E-state index in [4.69, 9.17) is 19.2 Å². The van der Waals surface area contributed by atoms with Gasteiger partial charge < -0.3 is 14.1 Å². The fraction of sp³-hybridized carbons (Fsp3) is 0.129. The zero-order valence-corrected chi connectivity index (χ0v) is 22.1. The highest BCUT2D eigenvalue weighted by molar-refractivity contribution is 7.99. The van der Waals surface area contributed by atoms with Gasteiger partial charge in [-0.25, -0.2) is 9.99 Å². The predicted molar refractivity (Wildman–Crippen MR) is 153 cm³/mol. The number of rotatable bonds is 8. The Morgan fingerprint density at radius 3 is 2.33 bits per heavy atom. The highest BCUT2D eigenvalue weighted by Gasteiger charge is 2.35. The lowest BCUT2D eigenvalue weighted by molar-refractivity contribution is -0.130. The van der Waals surface area contributed by atoms with Crippen LogP contribution in [0.4, 0.5) is 0 Å². The summed E-state index contributed by atoms with van der Waals surface area (Å²) >= 11 is 1.37. The first-order chi connectivity index (χ1) is 19.2. The molecule has 0 radical (unpaired) electrons. The molecule has 1 amide bonds. The van der Waals surface area contributed by atoms with Gasteiger partial charge in [-0.05, 0) is 42.0 Å². The summed E-state index contributed by atoms with van der Waals surface area (Å²) < 4.78 is 11.0. The van der Waals surface area contributed by atoms with E-state index in [0.717, 1.165) is 39.5 Å². The summed E-state index contributed by atoms with van der Waals surface area (Å²) in [4.78, 5) is 21.8. The van der Waals surface area contributed by atoms with Crippen LogP contribution in [-0.2, 0) is 4.79 Å². The van der Waals surface area contributed by atoms with E-state index in [0.29, 0.717) is 17.3 Å². The van der Waals surface area contributed by atoms with E-state index >= 15 is 0 Å². The monoisotopic (exact) mass is 534 g/mol. The minimum Gasteiger partial charge on any atom is -0.497 e. The molecule has 1 atom stereocenters. The molecule has 39 heavy (non-hydrogen) atoms. The first kappa shape index (κ1) is 24.8. The van der Waals surface area contributed by atoms with E-state index in [-0.39, 0.29) is 17.7 Å². The number of aromatic amines is 1. The van der Waals surface area contributed by atoms with Crippen molar-refractivity contribution in [1.29, 1.82) is 0 Å². The van der Waals surface area contributed by atoms with Crippen LogP contribution in [0.1, 0.15) is 23.8 Å². The van der Waals surface area contributed by atoms with E-state index in [1.165, 1.54) is 11.8 Å². The Kier molecular flexibility index (Phi) is 7.01. The molecular weight excluding hydrogens is 508 g/mol. The molecule has 7 nitrogen and oxygen atoms in total. The number of nitrogens with zero attached hydrogens (tertiary/aromatic N) is 3. The van der Waals surface area contributed by atoms with Gasteiger partial charge in [0.25, 0.3) is 5.91 Å². The van der Waals surface area contributed by atoms with E-state index in [1.54, 1.807) is 18.4 Å². The zero-order chi connectivity index (χ0) is 26.6. The Morgan fingerprint density at radius 2 is 1.67 bits per heavy atom. The number of nitrogens with one attached hydrogen (secondary N) is 1. The van der Waals surface area contributed by atoms with Crippen LogP contribution < -0.4 is 4.74 Å². The number of hydrazone groups is 1. The van der Waals surface area contributed by atoms with Gasteiger partial charge in [0.1, 0.15) is 17.6 Å². The molecule has 194 valence electrons. The van der Waals surface area contributed by atoms with E-state index in [9.17, 15) is 4.79 Å². The Bertz CT molecular complexity index is 1520. The summed E-state index contributed by atoms with van der Waals surface area (Å²) in [5.74, 6) is 1.53. The Labute approximate surface area is 230 Å². The Balaban J connectivity index is 1.25. The molecular formula is C31H26N4O3S. The SMILES string of the molecule is COc1ccc(C2=NN(C(=O)CSc3nc(-c4ccccc4)c(-c4ccccc4)[nH]3)[C@H](c3ccco3)C2)cc1. The van der Waals surface area contributed by atoms with Crippen molar-refractivity contribution in [1.82, 2.24) is 15.0 Å². The first-order valence-corrected chi connectivity index (χ1v) is 13.6. The standard InChI is InChI=1S/C31H26N4O3S/c1-37-24-16-14-21(15-17-24)25-19-26(27-13-8-18-38-27)35(34-25)28(36)20-39-31-32-29(22-9-4-2-5-10-22)30(33-31)23-11-6-3-7-12-23/h2-18,26H,19-20H2,1H3,(H,32,33)/t26-/m0/s1. The molecule has 1 aliphatic heterocycles. The summed E-state index contributed by atoms with van der Waals surface area (Å²) in [5, 5.41) is 6.96. The number of benzene rings is 3. The van der Waals surface area contributed by atoms with Crippen LogP contribution in [0.5, 0.6) is 5.75 Å². The number of hydrogen-bond acceptors (Lipinski definition) is 6. The van der Waals surface area contributed by atoms with Crippen molar-refractivity contribution in [3.05, 3.63) is 115 Å². The van der Waals surface area contributed by atoms with Crippen LogP contribution >= 0.6 is 11.8 Å². The summed E-state index contributed by atoms with van der Waals surface area (Å²) in [5.41, 5.74) is 5.59. The van der Waals surface area contributed by atoms with Gasteiger partial charge in [0, 0.05) is 17.5 Å². The summed E-state index contributed by atoms with van der Waals surface area (Å²) in [7, 11) is 1.64. The van der Waals surface area contributed by atoms with Gasteiger partial charge in [0.15, 0.2) is 5.16 Å². The highest BCUT2D eigenvalue weighted by Crippen LogP contribution is 2.36. The van der Waals surface area contributed by atoms with Gasteiger partial charge in [-0.3, -0.25) is 4.79 Å². The number of furan rings is 1. The number of imidazole rings is 1. The maximum Gasteiger partial charge on any atom is 0.253 e. The molecule has 0 saturated heterocycles. The van der Waals surface area contributed by atoms with Crippen LogP contribution in [-0.4, -0.2) is 39.5 Å². The molecule has 8 heteroatoms. The summed E-state index contributed by atoms with van der Waals surface area (Å²) in [6, 6.07) is 31.3. The molecule has 0 aliphatic carbocycles. The number of methoxy groups -OCH3 is 1. The molecule has 3 heterocycles. The number of H-pyrrole nitrogens is 1. The first-order valence-electron chi connectivity index (χ1n) is 12.6. The molecule has 2 aromatic heterocycles. The maximum atomic E-state index is 13.5. The Morgan fingerprint density at radius 1 is 0.949 bits per heavy atom. The lowest BCUT2D eigenvalue weighted by atomic mass is 10.0. The molecule has 0 spiro atoms. The molecule has 0 saturated carbocycles. The quantitative estimate of drug-likeness (QED) is 0.221. The van der Waals surface area contributed by atoms with Crippen LogP contribution in [0.3, 0.4) is 0 Å². The van der Waals surface area contributed by atoms with Crippen molar-refractivity contribution >= 4 is 23.4 Å². The van der Waals surface area contributed by atoms with Crippen molar-refractivity contribution in [3.63, 3.8) is 0 Å². The van der Waals surface area contributed by atoms with Gasteiger partial charge >= 0.3 is 0 Å². The lowest BCUT2D eigenvalue weighted by Crippen LogP contribution is -2.28. The normalized spacial score (nSPS) is 14.8. The average Bonchev–Trinajstić information content (AvgIpc) is 3.77. The maximum absolute atomic E-state index is 13.5. The van der Waals surface area contributed by atoms with E-state index in [1.807, 2.05) is 97.1 Å². The molecule has 0 fully saturated rings. The van der Waals surface area contributed by atoms with Crippen molar-refractivity contribution in [3.8, 4) is 28.3 Å². The van der Waals surface area contributed by atoms with E-state index < -0.39 is 0 Å². The van der Waals surface area contributed by atoms with Gasteiger partial charge in [0.05, 0.1) is 36.2 Å². The number of hydrogen-bond donors (Lipinski definition) is 1. The van der Waals surface area contributed by atoms with Gasteiger partial charge in [0.2, 0.25) is 0 Å². The Hall–Kier alpha value is -4.56. The van der Waals surface area contributed by atoms with Gasteiger partial charge in [-0.15, -0.1) is 0 Å². The minimum atomic E-state index is -0.304. The van der Waals surface area contributed by atoms with Crippen LogP contribution in [0, 0.1) is 0 Å². The molecule has 6 rings (SSSR count). The number of ether oxygens (including phenoxy) is 1. The third-order valence-electron chi connectivity index (χ3n) is 6.58. The topological polar surface area (TPSA) is 83.7 Å². The fourth-order valence-corrected chi connectivity index (χ4v) is 5.36. The second-order valence-corrected chi connectivity index (χ2v) is 10.00. The summed E-state index contributed by atoms with van der Waals surface area (Å²) in [6.07, 6.45) is 2.19. The number of thioether (sulfide) groups is 1. The smallest absolute Gasteiger partial charge is 0.253 e. The number of aromatic nitrogens is 2. The second-order valence-electron chi connectivity index (χ2n) is 9.04. The fourth-order valence-electron chi connectivity index (χ4n) is 4.64. The third-order valence-corrected chi connectivity index (χ3v) is 7.44. The van der Waals surface area contributed by atoms with Crippen LogP contribution in [0.15, 0.2) is 118 Å². The van der Waals surface area contributed by atoms with Crippen LogP contribution in [0.25, 0.3) is 22.5 Å². The lowest BCUT2D eigenvalue weighted by Gasteiger charge is -2.19. The minimum absolute atomic E-state index is 0.121. The van der Waals surface area contributed by atoms with Crippen LogP contribution in [0.2, 0.25) is 0 Å². The van der Waals surface area contributed by atoms with Crippen molar-refractivity contribution in [2.75, 3.05) is 12.9 Å². The molecule has 1 aliphatic rings. The van der Waals surface area contributed by atoms with Crippen molar-refractivity contribution < 1.29 is 13.9 Å². The molecule has 1 N–H and O–H groups in total. The number of carbonyl (C=O) groups is 1. The predicted octanol–water partition coefficient (Wildman–Crippen LogP) is 6.82. The van der Waals surface area contributed by atoms with Gasteiger partial charge in [-0.2, -0.15) is 5.10 Å². The number of carbonyl (C=O) groups excluding carboxylic acids is 1. The van der Waals surface area contributed by atoms with Crippen molar-refractivity contribution in [2.45, 2.75) is 17.6 Å². The largest absolute Gasteiger partial charge is 0.497 e. The number of amides is 1. The van der Waals surface area contributed by atoms with Crippen molar-refractivity contribution in [2.24, 2.45) is 5.10 Å². The van der Waals surface area contributed by atoms with Gasteiger partial charge in [-0.1, -0.05) is 72.4 Å².